The van der Waals surface area contributed by atoms with Crippen LogP contribution in [0.25, 0.3) is 0 Å². The number of phenolic OH excluding ortho intramolecular Hbond substituents is 1. The molecule has 1 aliphatic heterocycles. The molecule has 1 saturated heterocycles. The Bertz CT molecular complexity index is 513. The number of rotatable bonds is 2. The molecule has 0 saturated carbocycles. The third-order valence-electron chi connectivity index (χ3n) is 3.50. The van der Waals surface area contributed by atoms with Crippen molar-refractivity contribution in [3.05, 3.63) is 29.3 Å². The lowest BCUT2D eigenvalue weighted by Crippen LogP contribution is -2.45. The SMILES string of the molecule is CNC(=O)C1CCCN1C(=O)c1ccc(O)cc1C. The van der Waals surface area contributed by atoms with Crippen LogP contribution in [-0.4, -0.2) is 41.5 Å². The standard InChI is InChI=1S/C14H18N2O3/c1-9-8-10(17)5-6-11(9)14(19)16-7-3-4-12(16)13(18)15-2/h5-6,8,12,17H,3-4,7H2,1-2H3,(H,15,18). The van der Waals surface area contributed by atoms with Gasteiger partial charge in [-0.25, -0.2) is 0 Å². The molecule has 1 aliphatic rings. The zero-order chi connectivity index (χ0) is 14.0. The Morgan fingerprint density at radius 2 is 2.16 bits per heavy atom. The fourth-order valence-corrected chi connectivity index (χ4v) is 2.49. The Morgan fingerprint density at radius 1 is 1.42 bits per heavy atom. The predicted octanol–water partition coefficient (Wildman–Crippen LogP) is 1.05. The zero-order valence-electron chi connectivity index (χ0n) is 11.1. The molecule has 1 fully saturated rings. The van der Waals surface area contributed by atoms with E-state index >= 15 is 0 Å². The molecule has 19 heavy (non-hydrogen) atoms. The highest BCUT2D eigenvalue weighted by Gasteiger charge is 2.34. The first-order valence-corrected chi connectivity index (χ1v) is 6.36. The van der Waals surface area contributed by atoms with E-state index in [-0.39, 0.29) is 23.6 Å². The van der Waals surface area contributed by atoms with Gasteiger partial charge in [-0.05, 0) is 43.5 Å². The lowest BCUT2D eigenvalue weighted by atomic mass is 10.1. The van der Waals surface area contributed by atoms with Gasteiger partial charge in [0.15, 0.2) is 0 Å². The van der Waals surface area contributed by atoms with Gasteiger partial charge in [0, 0.05) is 19.2 Å². The number of carbonyl (C=O) groups is 2. The largest absolute Gasteiger partial charge is 0.508 e. The van der Waals surface area contributed by atoms with Crippen molar-refractivity contribution >= 4 is 11.8 Å². The normalized spacial score (nSPS) is 18.4. The van der Waals surface area contributed by atoms with E-state index in [1.165, 1.54) is 6.07 Å². The van der Waals surface area contributed by atoms with Gasteiger partial charge in [-0.3, -0.25) is 9.59 Å². The summed E-state index contributed by atoms with van der Waals surface area (Å²) in [7, 11) is 1.58. The molecular weight excluding hydrogens is 244 g/mol. The number of aromatic hydroxyl groups is 1. The summed E-state index contributed by atoms with van der Waals surface area (Å²) in [6.45, 7) is 2.37. The van der Waals surface area contributed by atoms with Gasteiger partial charge in [-0.1, -0.05) is 0 Å². The van der Waals surface area contributed by atoms with Crippen LogP contribution in [0.5, 0.6) is 5.75 Å². The van der Waals surface area contributed by atoms with Crippen molar-refractivity contribution in [2.75, 3.05) is 13.6 Å². The second-order valence-corrected chi connectivity index (χ2v) is 4.77. The predicted molar refractivity (Wildman–Crippen MR) is 71.0 cm³/mol. The number of nitrogens with one attached hydrogen (secondary N) is 1. The molecule has 1 aromatic rings. The lowest BCUT2D eigenvalue weighted by molar-refractivity contribution is -0.124. The van der Waals surface area contributed by atoms with Crippen LogP contribution in [0, 0.1) is 6.92 Å². The van der Waals surface area contributed by atoms with Gasteiger partial charge >= 0.3 is 0 Å². The second kappa shape index (κ2) is 5.30. The Morgan fingerprint density at radius 3 is 2.79 bits per heavy atom. The first-order valence-electron chi connectivity index (χ1n) is 6.36. The Balaban J connectivity index is 2.25. The van der Waals surface area contributed by atoms with E-state index in [4.69, 9.17) is 0 Å². The van der Waals surface area contributed by atoms with Crippen LogP contribution >= 0.6 is 0 Å². The van der Waals surface area contributed by atoms with E-state index in [2.05, 4.69) is 5.32 Å². The molecule has 0 aliphatic carbocycles. The Labute approximate surface area is 112 Å². The molecule has 2 amide bonds. The summed E-state index contributed by atoms with van der Waals surface area (Å²) in [6, 6.07) is 4.26. The van der Waals surface area contributed by atoms with Crippen LogP contribution in [0.4, 0.5) is 0 Å². The van der Waals surface area contributed by atoms with Crippen LogP contribution in [0.2, 0.25) is 0 Å². The molecule has 2 N–H and O–H groups in total. The van der Waals surface area contributed by atoms with Gasteiger partial charge in [0.2, 0.25) is 5.91 Å². The molecule has 0 spiro atoms. The summed E-state index contributed by atoms with van der Waals surface area (Å²) in [5, 5.41) is 12.0. The fourth-order valence-electron chi connectivity index (χ4n) is 2.49. The van der Waals surface area contributed by atoms with Crippen LogP contribution < -0.4 is 5.32 Å². The van der Waals surface area contributed by atoms with Crippen LogP contribution in [-0.2, 0) is 4.79 Å². The lowest BCUT2D eigenvalue weighted by Gasteiger charge is -2.24. The highest BCUT2D eigenvalue weighted by atomic mass is 16.3. The quantitative estimate of drug-likeness (QED) is 0.837. The molecule has 5 heteroatoms. The highest BCUT2D eigenvalue weighted by molar-refractivity contribution is 5.99. The van der Waals surface area contributed by atoms with Crippen LogP contribution in [0.15, 0.2) is 18.2 Å². The zero-order valence-corrected chi connectivity index (χ0v) is 11.1. The van der Waals surface area contributed by atoms with Crippen LogP contribution in [0.3, 0.4) is 0 Å². The molecular formula is C14H18N2O3. The molecule has 1 heterocycles. The number of phenols is 1. The topological polar surface area (TPSA) is 69.6 Å². The van der Waals surface area contributed by atoms with Gasteiger partial charge in [0.05, 0.1) is 0 Å². The molecule has 5 nitrogen and oxygen atoms in total. The second-order valence-electron chi connectivity index (χ2n) is 4.77. The van der Waals surface area contributed by atoms with Crippen molar-refractivity contribution in [2.24, 2.45) is 0 Å². The summed E-state index contributed by atoms with van der Waals surface area (Å²) in [5.41, 5.74) is 1.25. The molecule has 2 rings (SSSR count). The molecule has 0 bridgehead atoms. The number of likely N-dealkylation sites (N-methyl/N-ethyl adjacent to an activating group) is 1. The molecule has 0 aromatic heterocycles. The summed E-state index contributed by atoms with van der Waals surface area (Å²) < 4.78 is 0. The van der Waals surface area contributed by atoms with Crippen molar-refractivity contribution in [3.8, 4) is 5.75 Å². The van der Waals surface area contributed by atoms with Gasteiger partial charge in [0.25, 0.3) is 5.91 Å². The fraction of sp³-hybridized carbons (Fsp3) is 0.429. The molecule has 0 radical (unpaired) electrons. The third kappa shape index (κ3) is 2.54. The van der Waals surface area contributed by atoms with E-state index in [1.807, 2.05) is 0 Å². The summed E-state index contributed by atoms with van der Waals surface area (Å²) >= 11 is 0. The summed E-state index contributed by atoms with van der Waals surface area (Å²) in [4.78, 5) is 25.8. The molecule has 102 valence electrons. The number of nitrogens with zero attached hydrogens (tertiary/aromatic N) is 1. The van der Waals surface area contributed by atoms with Gasteiger partial charge in [-0.15, -0.1) is 0 Å². The minimum atomic E-state index is -0.384. The number of hydrogen-bond acceptors (Lipinski definition) is 3. The number of aryl methyl sites for hydroxylation is 1. The van der Waals surface area contributed by atoms with E-state index in [1.54, 1.807) is 31.0 Å². The average Bonchev–Trinajstić information content (AvgIpc) is 2.86. The minimum absolute atomic E-state index is 0.123. The minimum Gasteiger partial charge on any atom is -0.508 e. The summed E-state index contributed by atoms with van der Waals surface area (Å²) in [5.74, 6) is -0.135. The van der Waals surface area contributed by atoms with E-state index in [0.717, 1.165) is 6.42 Å². The molecule has 1 unspecified atom stereocenters. The highest BCUT2D eigenvalue weighted by Crippen LogP contribution is 2.23. The monoisotopic (exact) mass is 262 g/mol. The van der Waals surface area contributed by atoms with E-state index in [0.29, 0.717) is 24.1 Å². The first-order chi connectivity index (χ1) is 9.04. The molecule has 1 aromatic carbocycles. The number of carbonyl (C=O) groups excluding carboxylic acids is 2. The average molecular weight is 262 g/mol. The van der Waals surface area contributed by atoms with Gasteiger partial charge in [-0.2, -0.15) is 0 Å². The van der Waals surface area contributed by atoms with Crippen molar-refractivity contribution in [3.63, 3.8) is 0 Å². The van der Waals surface area contributed by atoms with E-state index in [9.17, 15) is 14.7 Å². The van der Waals surface area contributed by atoms with Crippen molar-refractivity contribution in [1.29, 1.82) is 0 Å². The Hall–Kier alpha value is -2.04. The summed E-state index contributed by atoms with van der Waals surface area (Å²) in [6.07, 6.45) is 1.53. The van der Waals surface area contributed by atoms with Crippen molar-refractivity contribution < 1.29 is 14.7 Å². The maximum absolute atomic E-state index is 12.5. The van der Waals surface area contributed by atoms with Crippen LogP contribution in [0.1, 0.15) is 28.8 Å². The number of amides is 2. The maximum Gasteiger partial charge on any atom is 0.254 e. The first kappa shape index (κ1) is 13.4. The third-order valence-corrected chi connectivity index (χ3v) is 3.50. The smallest absolute Gasteiger partial charge is 0.254 e. The van der Waals surface area contributed by atoms with E-state index < -0.39 is 0 Å². The number of likely N-dealkylation sites (tertiary alicyclic amines) is 1. The number of benzene rings is 1. The maximum atomic E-state index is 12.5. The van der Waals surface area contributed by atoms with Crippen molar-refractivity contribution in [2.45, 2.75) is 25.8 Å². The Kier molecular flexibility index (Phi) is 3.74. The van der Waals surface area contributed by atoms with Gasteiger partial charge in [0.1, 0.15) is 11.8 Å². The number of hydrogen-bond donors (Lipinski definition) is 2. The van der Waals surface area contributed by atoms with Gasteiger partial charge < -0.3 is 15.3 Å². The molecule has 1 atom stereocenters. The van der Waals surface area contributed by atoms with Crippen molar-refractivity contribution in [1.82, 2.24) is 10.2 Å².